The number of carbonyl (C=O) groups is 1. The number of halogens is 1. The van der Waals surface area contributed by atoms with Crippen LogP contribution in [0, 0.1) is 6.92 Å². The number of rotatable bonds is 6. The summed E-state index contributed by atoms with van der Waals surface area (Å²) in [6.07, 6.45) is 1.61. The number of methoxy groups -OCH3 is 1. The highest BCUT2D eigenvalue weighted by atomic mass is 35.5. The summed E-state index contributed by atoms with van der Waals surface area (Å²) < 4.78 is 13.0. The van der Waals surface area contributed by atoms with E-state index >= 15 is 0 Å². The van der Waals surface area contributed by atoms with Gasteiger partial charge >= 0.3 is 0 Å². The van der Waals surface area contributed by atoms with Crippen molar-refractivity contribution in [2.45, 2.75) is 13.5 Å². The molecule has 0 saturated heterocycles. The maximum Gasteiger partial charge on any atom is 0.255 e. The quantitative estimate of drug-likeness (QED) is 0.471. The molecule has 1 N–H and O–H groups in total. The Labute approximate surface area is 184 Å². The summed E-state index contributed by atoms with van der Waals surface area (Å²) in [6, 6.07) is 14.3. The maximum absolute atomic E-state index is 12.8. The Morgan fingerprint density at radius 2 is 1.90 bits per heavy atom. The van der Waals surface area contributed by atoms with E-state index in [1.807, 2.05) is 44.3 Å². The van der Waals surface area contributed by atoms with Gasteiger partial charge in [-0.3, -0.25) is 9.48 Å². The van der Waals surface area contributed by atoms with Crippen LogP contribution in [0.25, 0.3) is 11.0 Å². The zero-order chi connectivity index (χ0) is 22.0. The number of amides is 1. The number of fused-ring (bicyclic) bond motifs is 1. The molecule has 0 radical (unpaired) electrons. The summed E-state index contributed by atoms with van der Waals surface area (Å²) in [5, 5.41) is 8.79. The van der Waals surface area contributed by atoms with Crippen molar-refractivity contribution in [3.05, 3.63) is 76.6 Å². The number of pyridine rings is 1. The van der Waals surface area contributed by atoms with E-state index in [-0.39, 0.29) is 5.91 Å². The average Bonchev–Trinajstić information content (AvgIpc) is 3.06. The second-order valence-electron chi connectivity index (χ2n) is 7.04. The Balaban J connectivity index is 1.49. The molecular weight excluding hydrogens is 416 g/mol. The first kappa shape index (κ1) is 20.7. The molecule has 0 spiro atoms. The van der Waals surface area contributed by atoms with Gasteiger partial charge in [0.25, 0.3) is 5.91 Å². The topological polar surface area (TPSA) is 78.3 Å². The minimum absolute atomic E-state index is 0.273. The predicted octanol–water partition coefficient (Wildman–Crippen LogP) is 4.77. The number of benzene rings is 2. The lowest BCUT2D eigenvalue weighted by atomic mass is 10.1. The van der Waals surface area contributed by atoms with E-state index in [4.69, 9.17) is 21.1 Å². The van der Waals surface area contributed by atoms with Gasteiger partial charge in [-0.15, -0.1) is 0 Å². The van der Waals surface area contributed by atoms with Gasteiger partial charge < -0.3 is 14.8 Å². The van der Waals surface area contributed by atoms with Gasteiger partial charge in [0.2, 0.25) is 0 Å². The fraction of sp³-hybridized carbons (Fsp3) is 0.174. The molecule has 0 aliphatic rings. The molecule has 4 rings (SSSR count). The highest BCUT2D eigenvalue weighted by Crippen LogP contribution is 2.29. The fourth-order valence-electron chi connectivity index (χ4n) is 3.25. The Bertz CT molecular complexity index is 1250. The first-order valence-corrected chi connectivity index (χ1v) is 9.98. The molecule has 0 aliphatic carbocycles. The number of nitrogens with zero attached hydrogens (tertiary/aromatic N) is 3. The Morgan fingerprint density at radius 1 is 1.13 bits per heavy atom. The molecule has 0 aliphatic heterocycles. The summed E-state index contributed by atoms with van der Waals surface area (Å²) in [4.78, 5) is 17.1. The third kappa shape index (κ3) is 4.46. The molecule has 0 bridgehead atoms. The van der Waals surface area contributed by atoms with Crippen molar-refractivity contribution in [2.24, 2.45) is 7.05 Å². The van der Waals surface area contributed by atoms with Crippen LogP contribution in [-0.2, 0) is 13.7 Å². The Morgan fingerprint density at radius 3 is 2.65 bits per heavy atom. The molecule has 31 heavy (non-hydrogen) atoms. The summed E-state index contributed by atoms with van der Waals surface area (Å²) in [7, 11) is 3.37. The molecule has 2 heterocycles. The maximum atomic E-state index is 12.8. The van der Waals surface area contributed by atoms with Gasteiger partial charge in [-0.2, -0.15) is 5.10 Å². The zero-order valence-electron chi connectivity index (χ0n) is 17.3. The average molecular weight is 437 g/mol. The number of nitrogens with one attached hydrogen (secondary N) is 1. The summed E-state index contributed by atoms with van der Waals surface area (Å²) in [5.41, 5.74) is 3.63. The largest absolute Gasteiger partial charge is 0.493 e. The number of anilines is 1. The van der Waals surface area contributed by atoms with Crippen LogP contribution in [0.5, 0.6) is 11.5 Å². The molecule has 0 atom stereocenters. The van der Waals surface area contributed by atoms with Crippen LogP contribution in [0.4, 0.5) is 5.69 Å². The standard InChI is InChI=1S/C23H21ClN4O3/c1-14-19-11-18(12-25-22(19)28(2)27-14)26-23(29)16-6-9-20(21(10-16)30-3)31-13-15-4-7-17(24)8-5-15/h4-12H,13H2,1-3H3,(H,26,29). The van der Waals surface area contributed by atoms with E-state index in [0.29, 0.717) is 34.4 Å². The summed E-state index contributed by atoms with van der Waals surface area (Å²) >= 11 is 5.91. The number of ether oxygens (including phenoxy) is 2. The minimum Gasteiger partial charge on any atom is -0.493 e. The first-order chi connectivity index (χ1) is 14.9. The lowest BCUT2D eigenvalue weighted by Gasteiger charge is -2.12. The van der Waals surface area contributed by atoms with Crippen LogP contribution in [-0.4, -0.2) is 27.8 Å². The van der Waals surface area contributed by atoms with Crippen molar-refractivity contribution in [1.82, 2.24) is 14.8 Å². The fourth-order valence-corrected chi connectivity index (χ4v) is 3.38. The van der Waals surface area contributed by atoms with Crippen LogP contribution < -0.4 is 14.8 Å². The summed E-state index contributed by atoms with van der Waals surface area (Å²) in [6.45, 7) is 2.26. The molecule has 8 heteroatoms. The third-order valence-corrected chi connectivity index (χ3v) is 5.11. The van der Waals surface area contributed by atoms with Crippen LogP contribution in [0.1, 0.15) is 21.6 Å². The van der Waals surface area contributed by atoms with E-state index in [2.05, 4.69) is 15.4 Å². The molecule has 7 nitrogen and oxygen atoms in total. The van der Waals surface area contributed by atoms with E-state index < -0.39 is 0 Å². The molecular formula is C23H21ClN4O3. The smallest absolute Gasteiger partial charge is 0.255 e. The van der Waals surface area contributed by atoms with Gasteiger partial charge in [0.1, 0.15) is 6.61 Å². The SMILES string of the molecule is COc1cc(C(=O)Nc2cnc3c(c2)c(C)nn3C)ccc1OCc1ccc(Cl)cc1. The number of aromatic nitrogens is 3. The van der Waals surface area contributed by atoms with E-state index in [1.165, 1.54) is 7.11 Å². The zero-order valence-corrected chi connectivity index (χ0v) is 18.1. The van der Waals surface area contributed by atoms with Crippen molar-refractivity contribution in [3.63, 3.8) is 0 Å². The normalized spacial score (nSPS) is 10.8. The van der Waals surface area contributed by atoms with E-state index in [1.54, 1.807) is 29.1 Å². The number of carbonyl (C=O) groups excluding carboxylic acids is 1. The lowest BCUT2D eigenvalue weighted by Crippen LogP contribution is -2.12. The minimum atomic E-state index is -0.273. The van der Waals surface area contributed by atoms with Crippen LogP contribution in [0.3, 0.4) is 0 Å². The van der Waals surface area contributed by atoms with Gasteiger partial charge in [0, 0.05) is 23.0 Å². The molecule has 1 amide bonds. The number of aryl methyl sites for hydroxylation is 2. The van der Waals surface area contributed by atoms with Gasteiger partial charge in [0.05, 0.1) is 24.7 Å². The van der Waals surface area contributed by atoms with Crippen molar-refractivity contribution < 1.29 is 14.3 Å². The van der Waals surface area contributed by atoms with Gasteiger partial charge in [0.15, 0.2) is 17.1 Å². The molecule has 0 unspecified atom stereocenters. The van der Waals surface area contributed by atoms with Gasteiger partial charge in [-0.25, -0.2) is 4.98 Å². The second-order valence-corrected chi connectivity index (χ2v) is 7.48. The van der Waals surface area contributed by atoms with Crippen LogP contribution in [0.2, 0.25) is 5.02 Å². The Hall–Kier alpha value is -3.58. The molecule has 158 valence electrons. The molecule has 0 saturated carbocycles. The van der Waals surface area contributed by atoms with Crippen molar-refractivity contribution in [3.8, 4) is 11.5 Å². The number of hydrogen-bond donors (Lipinski definition) is 1. The molecule has 2 aromatic carbocycles. The van der Waals surface area contributed by atoms with Gasteiger partial charge in [-0.05, 0) is 48.9 Å². The lowest BCUT2D eigenvalue weighted by molar-refractivity contribution is 0.102. The molecule has 2 aromatic heterocycles. The highest BCUT2D eigenvalue weighted by molar-refractivity contribution is 6.30. The highest BCUT2D eigenvalue weighted by Gasteiger charge is 2.13. The summed E-state index contributed by atoms with van der Waals surface area (Å²) in [5.74, 6) is 0.742. The van der Waals surface area contributed by atoms with E-state index in [9.17, 15) is 4.79 Å². The third-order valence-electron chi connectivity index (χ3n) is 4.85. The molecule has 0 fully saturated rings. The molecule has 4 aromatic rings. The van der Waals surface area contributed by atoms with Crippen LogP contribution >= 0.6 is 11.6 Å². The Kier molecular flexibility index (Phi) is 5.77. The van der Waals surface area contributed by atoms with Crippen molar-refractivity contribution in [2.75, 3.05) is 12.4 Å². The number of hydrogen-bond acceptors (Lipinski definition) is 5. The van der Waals surface area contributed by atoms with Gasteiger partial charge in [-0.1, -0.05) is 23.7 Å². The van der Waals surface area contributed by atoms with Crippen molar-refractivity contribution >= 4 is 34.2 Å². The van der Waals surface area contributed by atoms with Crippen LogP contribution in [0.15, 0.2) is 54.7 Å². The second kappa shape index (κ2) is 8.65. The van der Waals surface area contributed by atoms with E-state index in [0.717, 1.165) is 22.3 Å². The predicted molar refractivity (Wildman–Crippen MR) is 120 cm³/mol. The monoisotopic (exact) mass is 436 g/mol. The first-order valence-electron chi connectivity index (χ1n) is 9.60. The van der Waals surface area contributed by atoms with Crippen molar-refractivity contribution in [1.29, 1.82) is 0 Å².